The summed E-state index contributed by atoms with van der Waals surface area (Å²) in [4.78, 5) is 16.9. The van der Waals surface area contributed by atoms with E-state index in [0.717, 1.165) is 27.5 Å². The Morgan fingerprint density at radius 1 is 0.929 bits per heavy atom. The van der Waals surface area contributed by atoms with Crippen molar-refractivity contribution in [3.8, 4) is 11.3 Å². The highest BCUT2D eigenvalue weighted by Gasteiger charge is 2.14. The van der Waals surface area contributed by atoms with Gasteiger partial charge < -0.3 is 10.3 Å². The van der Waals surface area contributed by atoms with Crippen molar-refractivity contribution in [3.63, 3.8) is 0 Å². The first-order valence-corrected chi connectivity index (χ1v) is 10.4. The maximum Gasteiger partial charge on any atom is 0.251 e. The second-order valence-electron chi connectivity index (χ2n) is 6.35. The number of halogens is 1. The molecule has 0 spiro atoms. The van der Waals surface area contributed by atoms with Crippen molar-refractivity contribution in [2.75, 3.05) is 12.3 Å². The summed E-state index contributed by atoms with van der Waals surface area (Å²) in [6.07, 6.45) is 0. The lowest BCUT2D eigenvalue weighted by atomic mass is 10.1. The van der Waals surface area contributed by atoms with Gasteiger partial charge in [-0.05, 0) is 35.9 Å². The predicted octanol–water partition coefficient (Wildman–Crippen LogP) is 6.01. The van der Waals surface area contributed by atoms with Crippen LogP contribution in [0.2, 0.25) is 5.02 Å². The Morgan fingerprint density at radius 3 is 2.43 bits per heavy atom. The van der Waals surface area contributed by atoms with Crippen LogP contribution in [0, 0.1) is 0 Å². The van der Waals surface area contributed by atoms with E-state index in [1.165, 1.54) is 10.3 Å². The van der Waals surface area contributed by atoms with Crippen molar-refractivity contribution < 1.29 is 4.79 Å². The molecule has 0 atom stereocenters. The number of aromatic nitrogens is 1. The standard InChI is InChI=1S/C23H19ClN2OS/c24-18-12-10-16(11-13-18)21-22(19-8-4-5-9-20(19)26-21)28-15-14-25-23(27)17-6-2-1-3-7-17/h1-13,26H,14-15H2,(H,25,27). The molecule has 0 aliphatic rings. The van der Waals surface area contributed by atoms with Crippen molar-refractivity contribution >= 4 is 40.2 Å². The van der Waals surface area contributed by atoms with Crippen LogP contribution < -0.4 is 5.32 Å². The van der Waals surface area contributed by atoms with Gasteiger partial charge in [0.15, 0.2) is 0 Å². The molecular weight excluding hydrogens is 388 g/mol. The number of para-hydroxylation sites is 1. The van der Waals surface area contributed by atoms with Gasteiger partial charge in [-0.1, -0.05) is 60.1 Å². The lowest BCUT2D eigenvalue weighted by Crippen LogP contribution is -2.25. The van der Waals surface area contributed by atoms with Gasteiger partial charge in [0.05, 0.1) is 5.69 Å². The van der Waals surface area contributed by atoms with Gasteiger partial charge in [0.25, 0.3) is 5.91 Å². The Bertz CT molecular complexity index is 1090. The second-order valence-corrected chi connectivity index (χ2v) is 7.89. The lowest BCUT2D eigenvalue weighted by molar-refractivity contribution is 0.0956. The number of aromatic amines is 1. The van der Waals surface area contributed by atoms with Crippen LogP contribution in [0.15, 0.2) is 83.8 Å². The number of hydrogen-bond donors (Lipinski definition) is 2. The van der Waals surface area contributed by atoms with E-state index in [2.05, 4.69) is 22.4 Å². The first-order valence-electron chi connectivity index (χ1n) is 9.05. The van der Waals surface area contributed by atoms with E-state index < -0.39 is 0 Å². The number of rotatable bonds is 6. The topological polar surface area (TPSA) is 44.9 Å². The number of amides is 1. The fourth-order valence-electron chi connectivity index (χ4n) is 3.10. The second kappa shape index (κ2) is 8.55. The number of benzene rings is 3. The largest absolute Gasteiger partial charge is 0.354 e. The minimum Gasteiger partial charge on any atom is -0.354 e. The SMILES string of the molecule is O=C(NCCSc1c(-c2ccc(Cl)cc2)[nH]c2ccccc12)c1ccccc1. The van der Waals surface area contributed by atoms with Gasteiger partial charge in [0, 0.05) is 38.7 Å². The van der Waals surface area contributed by atoms with Gasteiger partial charge in [0.1, 0.15) is 0 Å². The normalized spacial score (nSPS) is 10.9. The molecule has 28 heavy (non-hydrogen) atoms. The summed E-state index contributed by atoms with van der Waals surface area (Å²) in [6, 6.07) is 25.4. The molecule has 1 heterocycles. The van der Waals surface area contributed by atoms with Gasteiger partial charge in [-0.2, -0.15) is 0 Å². The number of carbonyl (C=O) groups excluding carboxylic acids is 1. The molecule has 3 aromatic carbocycles. The Balaban J connectivity index is 1.50. The highest BCUT2D eigenvalue weighted by atomic mass is 35.5. The zero-order valence-corrected chi connectivity index (χ0v) is 16.7. The fraction of sp³-hybridized carbons (Fsp3) is 0.0870. The highest BCUT2D eigenvalue weighted by molar-refractivity contribution is 7.99. The predicted molar refractivity (Wildman–Crippen MR) is 118 cm³/mol. The summed E-state index contributed by atoms with van der Waals surface area (Å²) in [5.41, 5.74) is 3.96. The Hall–Kier alpha value is -2.69. The number of hydrogen-bond acceptors (Lipinski definition) is 2. The Morgan fingerprint density at radius 2 is 1.64 bits per heavy atom. The molecule has 0 saturated carbocycles. The number of fused-ring (bicyclic) bond motifs is 1. The lowest BCUT2D eigenvalue weighted by Gasteiger charge is -2.07. The van der Waals surface area contributed by atoms with Gasteiger partial charge in [0.2, 0.25) is 0 Å². The van der Waals surface area contributed by atoms with Crippen LogP contribution in [0.25, 0.3) is 22.2 Å². The van der Waals surface area contributed by atoms with Gasteiger partial charge >= 0.3 is 0 Å². The molecule has 0 saturated heterocycles. The highest BCUT2D eigenvalue weighted by Crippen LogP contribution is 2.37. The summed E-state index contributed by atoms with van der Waals surface area (Å²) < 4.78 is 0. The zero-order chi connectivity index (χ0) is 19.3. The number of carbonyl (C=O) groups is 1. The minimum atomic E-state index is -0.0435. The number of H-pyrrole nitrogens is 1. The van der Waals surface area contributed by atoms with E-state index in [4.69, 9.17) is 11.6 Å². The molecule has 0 aliphatic carbocycles. The molecular formula is C23H19ClN2OS. The third-order valence-corrected chi connectivity index (χ3v) is 5.83. The van der Waals surface area contributed by atoms with E-state index in [1.54, 1.807) is 11.8 Å². The van der Waals surface area contributed by atoms with E-state index in [9.17, 15) is 4.79 Å². The molecule has 5 heteroatoms. The van der Waals surface area contributed by atoms with Crippen LogP contribution in [0.1, 0.15) is 10.4 Å². The summed E-state index contributed by atoms with van der Waals surface area (Å²) in [6.45, 7) is 0.595. The van der Waals surface area contributed by atoms with E-state index >= 15 is 0 Å². The van der Waals surface area contributed by atoms with Crippen LogP contribution in [-0.2, 0) is 0 Å². The minimum absolute atomic E-state index is 0.0435. The summed E-state index contributed by atoms with van der Waals surface area (Å²) in [5, 5.41) is 4.90. The zero-order valence-electron chi connectivity index (χ0n) is 15.1. The molecule has 0 unspecified atom stereocenters. The molecule has 4 rings (SSSR count). The van der Waals surface area contributed by atoms with Crippen molar-refractivity contribution in [1.29, 1.82) is 0 Å². The van der Waals surface area contributed by atoms with Gasteiger partial charge in [-0.25, -0.2) is 0 Å². The molecule has 0 bridgehead atoms. The maximum absolute atomic E-state index is 12.2. The molecule has 3 nitrogen and oxygen atoms in total. The summed E-state index contributed by atoms with van der Waals surface area (Å²) in [5.74, 6) is 0.735. The van der Waals surface area contributed by atoms with E-state index in [1.807, 2.05) is 66.7 Å². The molecule has 0 aliphatic heterocycles. The molecule has 4 aromatic rings. The molecule has 0 fully saturated rings. The molecule has 140 valence electrons. The first-order chi connectivity index (χ1) is 13.7. The fourth-order valence-corrected chi connectivity index (χ4v) is 4.28. The van der Waals surface area contributed by atoms with Crippen molar-refractivity contribution in [2.45, 2.75) is 4.90 Å². The van der Waals surface area contributed by atoms with Crippen molar-refractivity contribution in [1.82, 2.24) is 10.3 Å². The van der Waals surface area contributed by atoms with Crippen LogP contribution in [0.4, 0.5) is 0 Å². The molecule has 1 aromatic heterocycles. The maximum atomic E-state index is 12.2. The molecule has 2 N–H and O–H groups in total. The number of nitrogens with one attached hydrogen (secondary N) is 2. The quantitative estimate of drug-likeness (QED) is 0.304. The van der Waals surface area contributed by atoms with Crippen molar-refractivity contribution in [2.24, 2.45) is 0 Å². The molecule has 1 amide bonds. The molecule has 0 radical (unpaired) electrons. The summed E-state index contributed by atoms with van der Waals surface area (Å²) >= 11 is 7.79. The Labute approximate surface area is 173 Å². The van der Waals surface area contributed by atoms with Gasteiger partial charge in [-0.3, -0.25) is 4.79 Å². The monoisotopic (exact) mass is 406 g/mol. The average molecular weight is 407 g/mol. The van der Waals surface area contributed by atoms with Crippen LogP contribution in [-0.4, -0.2) is 23.2 Å². The van der Waals surface area contributed by atoms with Crippen LogP contribution >= 0.6 is 23.4 Å². The van der Waals surface area contributed by atoms with E-state index in [0.29, 0.717) is 12.1 Å². The third kappa shape index (κ3) is 4.08. The Kier molecular flexibility index (Phi) is 5.70. The smallest absolute Gasteiger partial charge is 0.251 e. The van der Waals surface area contributed by atoms with Crippen molar-refractivity contribution in [3.05, 3.63) is 89.4 Å². The van der Waals surface area contributed by atoms with Crippen LogP contribution in [0.5, 0.6) is 0 Å². The number of thioether (sulfide) groups is 1. The third-order valence-electron chi connectivity index (χ3n) is 4.46. The van der Waals surface area contributed by atoms with Crippen LogP contribution in [0.3, 0.4) is 0 Å². The first kappa shape index (κ1) is 18.7. The van der Waals surface area contributed by atoms with Gasteiger partial charge in [-0.15, -0.1) is 11.8 Å². The van der Waals surface area contributed by atoms with E-state index in [-0.39, 0.29) is 5.91 Å². The average Bonchev–Trinajstić information content (AvgIpc) is 3.11. The summed E-state index contributed by atoms with van der Waals surface area (Å²) in [7, 11) is 0.